The molecule has 1 aromatic carbocycles. The Morgan fingerprint density at radius 1 is 1.43 bits per heavy atom. The van der Waals surface area contributed by atoms with Gasteiger partial charge in [-0.3, -0.25) is 4.79 Å². The number of hydrogen-bond acceptors (Lipinski definition) is 4. The Balaban J connectivity index is 2.00. The van der Waals surface area contributed by atoms with Gasteiger partial charge in [0.2, 0.25) is 5.91 Å². The smallest absolute Gasteiger partial charge is 0.346 e. The molecule has 1 aromatic heterocycles. The van der Waals surface area contributed by atoms with Crippen molar-refractivity contribution in [3.8, 4) is 0 Å². The van der Waals surface area contributed by atoms with Crippen molar-refractivity contribution >= 4 is 5.91 Å². The van der Waals surface area contributed by atoms with Gasteiger partial charge in [-0.25, -0.2) is 0 Å². The molecule has 1 amide bonds. The number of halogens is 3. The van der Waals surface area contributed by atoms with E-state index in [1.165, 1.54) is 12.1 Å². The molecule has 9 heteroatoms. The van der Waals surface area contributed by atoms with E-state index in [9.17, 15) is 18.0 Å². The van der Waals surface area contributed by atoms with Crippen molar-refractivity contribution in [3.05, 3.63) is 41.2 Å². The number of nitrogens with zero attached hydrogens (tertiary/aromatic N) is 3. The van der Waals surface area contributed by atoms with Crippen molar-refractivity contribution in [1.29, 1.82) is 0 Å². The van der Waals surface area contributed by atoms with E-state index in [1.54, 1.807) is 6.92 Å². The standard InChI is InChI=1S/C12H12F3N5O/c1-7(11-17-19-20-18-11)16-10(21)6-8-3-2-4-9(5-8)12(13,14)15/h2-5,7H,6H2,1H3,(H,16,21)(H,17,18,19,20). The average molecular weight is 299 g/mol. The second kappa shape index (κ2) is 5.90. The fraction of sp³-hybridized carbons (Fsp3) is 0.333. The highest BCUT2D eigenvalue weighted by molar-refractivity contribution is 5.78. The molecule has 0 aliphatic rings. The molecule has 0 fully saturated rings. The minimum atomic E-state index is -4.43. The molecule has 0 saturated carbocycles. The van der Waals surface area contributed by atoms with Crippen molar-refractivity contribution in [2.75, 3.05) is 0 Å². The number of benzene rings is 1. The zero-order valence-electron chi connectivity index (χ0n) is 11.0. The van der Waals surface area contributed by atoms with E-state index in [1.807, 2.05) is 0 Å². The van der Waals surface area contributed by atoms with Crippen LogP contribution in [-0.4, -0.2) is 26.5 Å². The highest BCUT2D eigenvalue weighted by atomic mass is 19.4. The third-order valence-corrected chi connectivity index (χ3v) is 2.75. The summed E-state index contributed by atoms with van der Waals surface area (Å²) in [5.41, 5.74) is -0.498. The number of amides is 1. The lowest BCUT2D eigenvalue weighted by atomic mass is 10.1. The Kier molecular flexibility index (Phi) is 4.20. The van der Waals surface area contributed by atoms with E-state index < -0.39 is 23.7 Å². The van der Waals surface area contributed by atoms with E-state index in [2.05, 4.69) is 25.9 Å². The number of nitrogens with one attached hydrogen (secondary N) is 2. The third-order valence-electron chi connectivity index (χ3n) is 2.75. The summed E-state index contributed by atoms with van der Waals surface area (Å²) in [6, 6.07) is 4.17. The van der Waals surface area contributed by atoms with Crippen molar-refractivity contribution in [3.63, 3.8) is 0 Å². The lowest BCUT2D eigenvalue weighted by Gasteiger charge is -2.11. The summed E-state index contributed by atoms with van der Waals surface area (Å²) in [7, 11) is 0. The molecule has 0 aliphatic carbocycles. The first-order chi connectivity index (χ1) is 9.86. The quantitative estimate of drug-likeness (QED) is 0.899. The summed E-state index contributed by atoms with van der Waals surface area (Å²) in [4.78, 5) is 11.8. The second-order valence-electron chi connectivity index (χ2n) is 4.43. The van der Waals surface area contributed by atoms with Gasteiger partial charge >= 0.3 is 6.18 Å². The first-order valence-electron chi connectivity index (χ1n) is 6.05. The maximum atomic E-state index is 12.6. The van der Waals surface area contributed by atoms with E-state index in [0.717, 1.165) is 12.1 Å². The number of aromatic amines is 1. The Bertz CT molecular complexity index is 612. The van der Waals surface area contributed by atoms with Crippen LogP contribution >= 0.6 is 0 Å². The van der Waals surface area contributed by atoms with Crippen LogP contribution in [0.1, 0.15) is 29.9 Å². The minimum Gasteiger partial charge on any atom is -0.346 e. The molecule has 2 rings (SSSR count). The van der Waals surface area contributed by atoms with Gasteiger partial charge in [-0.05, 0) is 18.6 Å². The van der Waals surface area contributed by atoms with Gasteiger partial charge in [-0.15, -0.1) is 10.2 Å². The topological polar surface area (TPSA) is 83.6 Å². The summed E-state index contributed by atoms with van der Waals surface area (Å²) in [5.74, 6) is -0.126. The van der Waals surface area contributed by atoms with E-state index in [0.29, 0.717) is 5.82 Å². The van der Waals surface area contributed by atoms with Crippen molar-refractivity contribution in [2.24, 2.45) is 0 Å². The van der Waals surface area contributed by atoms with Crippen molar-refractivity contribution < 1.29 is 18.0 Å². The monoisotopic (exact) mass is 299 g/mol. The maximum Gasteiger partial charge on any atom is 0.416 e. The molecule has 0 radical (unpaired) electrons. The minimum absolute atomic E-state index is 0.161. The van der Waals surface area contributed by atoms with Crippen molar-refractivity contribution in [2.45, 2.75) is 25.6 Å². The van der Waals surface area contributed by atoms with Gasteiger partial charge in [0.1, 0.15) is 0 Å². The molecule has 112 valence electrons. The SMILES string of the molecule is CC(NC(=O)Cc1cccc(C(F)(F)F)c1)c1nn[nH]n1. The first-order valence-corrected chi connectivity index (χ1v) is 6.05. The van der Waals surface area contributed by atoms with Crippen LogP contribution in [0.2, 0.25) is 0 Å². The molecule has 2 aromatic rings. The Morgan fingerprint density at radius 2 is 2.19 bits per heavy atom. The van der Waals surface area contributed by atoms with Crippen LogP contribution in [0.4, 0.5) is 13.2 Å². The summed E-state index contributed by atoms with van der Waals surface area (Å²) >= 11 is 0. The largest absolute Gasteiger partial charge is 0.416 e. The van der Waals surface area contributed by atoms with Crippen LogP contribution in [0.15, 0.2) is 24.3 Å². The maximum absolute atomic E-state index is 12.6. The van der Waals surface area contributed by atoms with Gasteiger partial charge in [0.25, 0.3) is 0 Å². The van der Waals surface area contributed by atoms with E-state index in [4.69, 9.17) is 0 Å². The molecule has 2 N–H and O–H groups in total. The highest BCUT2D eigenvalue weighted by Crippen LogP contribution is 2.29. The summed E-state index contributed by atoms with van der Waals surface area (Å²) in [6.45, 7) is 1.65. The van der Waals surface area contributed by atoms with E-state index >= 15 is 0 Å². The number of carbonyl (C=O) groups excluding carboxylic acids is 1. The number of tetrazole rings is 1. The van der Waals surface area contributed by atoms with Crippen LogP contribution in [0.5, 0.6) is 0 Å². The molecule has 1 atom stereocenters. The molecule has 6 nitrogen and oxygen atoms in total. The van der Waals surface area contributed by atoms with Crippen LogP contribution in [0.3, 0.4) is 0 Å². The summed E-state index contributed by atoms with van der Waals surface area (Å²) < 4.78 is 37.7. The normalized spacial score (nSPS) is 13.0. The summed E-state index contributed by atoms with van der Waals surface area (Å²) in [5, 5.41) is 15.6. The highest BCUT2D eigenvalue weighted by Gasteiger charge is 2.30. The Morgan fingerprint density at radius 3 is 2.81 bits per heavy atom. The van der Waals surface area contributed by atoms with Gasteiger partial charge in [-0.2, -0.15) is 18.4 Å². The molecule has 1 unspecified atom stereocenters. The molecule has 0 bridgehead atoms. The fourth-order valence-corrected chi connectivity index (χ4v) is 1.75. The zero-order chi connectivity index (χ0) is 15.5. The van der Waals surface area contributed by atoms with Crippen LogP contribution in [0.25, 0.3) is 0 Å². The third kappa shape index (κ3) is 4.01. The molecule has 0 saturated heterocycles. The lowest BCUT2D eigenvalue weighted by Crippen LogP contribution is -2.28. The molecule has 1 heterocycles. The van der Waals surface area contributed by atoms with Crippen LogP contribution < -0.4 is 5.32 Å². The Hall–Kier alpha value is -2.45. The number of H-pyrrole nitrogens is 1. The Labute approximate surface area is 117 Å². The van der Waals surface area contributed by atoms with Gasteiger partial charge < -0.3 is 5.32 Å². The van der Waals surface area contributed by atoms with Crippen LogP contribution in [-0.2, 0) is 17.4 Å². The average Bonchev–Trinajstić information content (AvgIpc) is 2.91. The zero-order valence-corrected chi connectivity index (χ0v) is 11.0. The lowest BCUT2D eigenvalue weighted by molar-refractivity contribution is -0.137. The number of rotatable bonds is 4. The number of hydrogen-bond donors (Lipinski definition) is 2. The number of carbonyl (C=O) groups is 1. The number of alkyl halides is 3. The molecule has 21 heavy (non-hydrogen) atoms. The van der Waals surface area contributed by atoms with Gasteiger partial charge in [0.15, 0.2) is 5.82 Å². The second-order valence-corrected chi connectivity index (χ2v) is 4.43. The number of aromatic nitrogens is 4. The first kappa shape index (κ1) is 14.9. The van der Waals surface area contributed by atoms with Gasteiger partial charge in [0, 0.05) is 0 Å². The van der Waals surface area contributed by atoms with Crippen molar-refractivity contribution in [1.82, 2.24) is 25.9 Å². The molecular formula is C12H12F3N5O. The molecule has 0 aliphatic heterocycles. The molecule has 0 spiro atoms. The van der Waals surface area contributed by atoms with Crippen LogP contribution in [0, 0.1) is 0 Å². The summed E-state index contributed by atoms with van der Waals surface area (Å²) in [6.07, 6.45) is -4.59. The predicted octanol–water partition coefficient (Wildman–Crippen LogP) is 1.64. The van der Waals surface area contributed by atoms with Gasteiger partial charge in [0.05, 0.1) is 18.0 Å². The van der Waals surface area contributed by atoms with Gasteiger partial charge in [-0.1, -0.05) is 23.4 Å². The molecular weight excluding hydrogens is 287 g/mol. The van der Waals surface area contributed by atoms with E-state index in [-0.39, 0.29) is 12.0 Å². The predicted molar refractivity (Wildman–Crippen MR) is 65.9 cm³/mol. The fourth-order valence-electron chi connectivity index (χ4n) is 1.75.